The van der Waals surface area contributed by atoms with E-state index in [4.69, 9.17) is 14.2 Å². The Morgan fingerprint density at radius 2 is 1.54 bits per heavy atom. The van der Waals surface area contributed by atoms with Crippen LogP contribution in [0.2, 0.25) is 0 Å². The van der Waals surface area contributed by atoms with E-state index in [-0.39, 0.29) is 5.97 Å². The third kappa shape index (κ3) is 6.15. The zero-order valence-electron chi connectivity index (χ0n) is 23.5. The fraction of sp³-hybridized carbons (Fsp3) is 0.469. The second-order valence-corrected chi connectivity index (χ2v) is 10.6. The molecule has 0 spiro atoms. The molecule has 2 aliphatic rings. The van der Waals surface area contributed by atoms with E-state index >= 15 is 0 Å². The van der Waals surface area contributed by atoms with Crippen LogP contribution >= 0.6 is 0 Å². The van der Waals surface area contributed by atoms with Crippen LogP contribution in [-0.4, -0.2) is 82.4 Å². The van der Waals surface area contributed by atoms with Gasteiger partial charge in [-0.3, -0.25) is 14.6 Å². The van der Waals surface area contributed by atoms with Crippen molar-refractivity contribution in [1.82, 2.24) is 9.80 Å². The number of piperazine rings is 1. The molecule has 0 saturated carbocycles. The molecule has 2 saturated heterocycles. The molecule has 0 bridgehead atoms. The molecule has 0 aliphatic carbocycles. The smallest absolute Gasteiger partial charge is 0.305 e. The van der Waals surface area contributed by atoms with Crippen molar-refractivity contribution < 1.29 is 19.0 Å². The van der Waals surface area contributed by atoms with Crippen LogP contribution in [0.15, 0.2) is 60.7 Å². The second-order valence-electron chi connectivity index (χ2n) is 10.6. The van der Waals surface area contributed by atoms with Crippen LogP contribution in [0.25, 0.3) is 10.8 Å². The number of anilines is 1. The highest BCUT2D eigenvalue weighted by Gasteiger charge is 2.35. The van der Waals surface area contributed by atoms with Crippen molar-refractivity contribution in [3.63, 3.8) is 0 Å². The van der Waals surface area contributed by atoms with Crippen LogP contribution in [0.1, 0.15) is 24.8 Å². The summed E-state index contributed by atoms with van der Waals surface area (Å²) in [6, 6.07) is 21.5. The van der Waals surface area contributed by atoms with Crippen LogP contribution < -0.4 is 14.4 Å². The molecule has 3 aromatic carbocycles. The van der Waals surface area contributed by atoms with Gasteiger partial charge >= 0.3 is 5.97 Å². The number of fused-ring (bicyclic) bond motifs is 1. The number of ether oxygens (including phenoxy) is 3. The molecule has 7 nitrogen and oxygen atoms in total. The first kappa shape index (κ1) is 27.3. The molecular weight excluding hydrogens is 490 g/mol. The minimum atomic E-state index is -0.118. The molecule has 208 valence electrons. The highest BCUT2D eigenvalue weighted by Crippen LogP contribution is 2.33. The van der Waals surface area contributed by atoms with Gasteiger partial charge in [-0.05, 0) is 54.5 Å². The molecule has 3 aromatic rings. The number of esters is 1. The van der Waals surface area contributed by atoms with E-state index in [1.165, 1.54) is 23.7 Å². The summed E-state index contributed by atoms with van der Waals surface area (Å²) in [5.41, 5.74) is 2.49. The SMILES string of the molecule is COC(=O)CC[C@H]1CN(Cc2ccc(OC)c3ccccc23)CC[C@H]1N1CCN(c2ccccc2OC)CC1. The first-order valence-electron chi connectivity index (χ1n) is 14.1. The van der Waals surface area contributed by atoms with Gasteiger partial charge in [-0.1, -0.05) is 42.5 Å². The summed E-state index contributed by atoms with van der Waals surface area (Å²) in [4.78, 5) is 19.8. The summed E-state index contributed by atoms with van der Waals surface area (Å²) in [6.07, 6.45) is 2.43. The number of para-hydroxylation sites is 2. The number of likely N-dealkylation sites (tertiary alicyclic amines) is 1. The maximum atomic E-state index is 12.1. The Bertz CT molecular complexity index is 1260. The summed E-state index contributed by atoms with van der Waals surface area (Å²) < 4.78 is 16.2. The fourth-order valence-electron chi connectivity index (χ4n) is 6.48. The predicted molar refractivity (Wildman–Crippen MR) is 156 cm³/mol. The van der Waals surface area contributed by atoms with E-state index in [1.807, 2.05) is 12.1 Å². The van der Waals surface area contributed by atoms with Gasteiger partial charge in [0.2, 0.25) is 0 Å². The van der Waals surface area contributed by atoms with Crippen molar-refractivity contribution in [3.05, 3.63) is 66.2 Å². The van der Waals surface area contributed by atoms with Crippen molar-refractivity contribution in [2.45, 2.75) is 31.8 Å². The molecule has 0 amide bonds. The van der Waals surface area contributed by atoms with Crippen molar-refractivity contribution in [1.29, 1.82) is 0 Å². The maximum absolute atomic E-state index is 12.1. The van der Waals surface area contributed by atoms with E-state index in [9.17, 15) is 4.79 Å². The van der Waals surface area contributed by atoms with Crippen molar-refractivity contribution >= 4 is 22.4 Å². The Morgan fingerprint density at radius 1 is 0.821 bits per heavy atom. The normalized spacial score (nSPS) is 20.6. The monoisotopic (exact) mass is 531 g/mol. The lowest BCUT2D eigenvalue weighted by molar-refractivity contribution is -0.141. The predicted octanol–water partition coefficient (Wildman–Crippen LogP) is 4.82. The van der Waals surface area contributed by atoms with E-state index in [0.29, 0.717) is 18.4 Å². The number of nitrogens with zero attached hydrogens (tertiary/aromatic N) is 3. The van der Waals surface area contributed by atoms with Gasteiger partial charge in [0.15, 0.2) is 0 Å². The Hall–Kier alpha value is -3.29. The van der Waals surface area contributed by atoms with Crippen LogP contribution in [0.4, 0.5) is 5.69 Å². The lowest BCUT2D eigenvalue weighted by Gasteiger charge is -2.47. The standard InChI is InChI=1S/C32H41N3O4/c1-37-30-14-12-24(26-8-4-5-9-27(26)30)22-33-17-16-28(25(23-33)13-15-32(36)39-3)34-18-20-35(21-19-34)29-10-6-7-11-31(29)38-2/h4-12,14,25,28H,13,15-23H2,1-3H3/t25-,28+/m0/s1. The Morgan fingerprint density at radius 3 is 2.28 bits per heavy atom. The van der Waals surface area contributed by atoms with E-state index in [0.717, 1.165) is 75.5 Å². The molecule has 2 aliphatic heterocycles. The summed E-state index contributed by atoms with van der Waals surface area (Å²) in [5, 5.41) is 2.40. The molecular formula is C32H41N3O4. The summed E-state index contributed by atoms with van der Waals surface area (Å²) in [7, 11) is 4.96. The number of hydrogen-bond donors (Lipinski definition) is 0. The van der Waals surface area contributed by atoms with Gasteiger partial charge in [-0.15, -0.1) is 0 Å². The third-order valence-corrected chi connectivity index (χ3v) is 8.52. The number of piperidine rings is 1. The van der Waals surface area contributed by atoms with Crippen LogP contribution in [0, 0.1) is 5.92 Å². The Kier molecular flexibility index (Phi) is 8.89. The largest absolute Gasteiger partial charge is 0.496 e. The minimum Gasteiger partial charge on any atom is -0.496 e. The van der Waals surface area contributed by atoms with Gasteiger partial charge in [-0.25, -0.2) is 0 Å². The minimum absolute atomic E-state index is 0.118. The zero-order valence-corrected chi connectivity index (χ0v) is 23.5. The number of hydrogen-bond acceptors (Lipinski definition) is 7. The average molecular weight is 532 g/mol. The molecule has 0 radical (unpaired) electrons. The molecule has 2 fully saturated rings. The second kappa shape index (κ2) is 12.7. The van der Waals surface area contributed by atoms with E-state index < -0.39 is 0 Å². The molecule has 2 atom stereocenters. The van der Waals surface area contributed by atoms with Gasteiger partial charge in [0.1, 0.15) is 11.5 Å². The molecule has 0 aromatic heterocycles. The van der Waals surface area contributed by atoms with Crippen molar-refractivity contribution in [3.8, 4) is 11.5 Å². The highest BCUT2D eigenvalue weighted by molar-refractivity contribution is 5.91. The Labute approximate surface area is 232 Å². The molecule has 5 rings (SSSR count). The van der Waals surface area contributed by atoms with Crippen molar-refractivity contribution in [2.75, 3.05) is 65.5 Å². The van der Waals surface area contributed by atoms with Crippen LogP contribution in [-0.2, 0) is 16.1 Å². The number of carbonyl (C=O) groups is 1. The number of benzene rings is 3. The molecule has 0 N–H and O–H groups in total. The van der Waals surface area contributed by atoms with Gasteiger partial charge in [-0.2, -0.15) is 0 Å². The zero-order chi connectivity index (χ0) is 27.2. The third-order valence-electron chi connectivity index (χ3n) is 8.52. The van der Waals surface area contributed by atoms with Gasteiger partial charge in [0.05, 0.1) is 27.0 Å². The molecule has 7 heteroatoms. The molecule has 39 heavy (non-hydrogen) atoms. The number of methoxy groups -OCH3 is 3. The summed E-state index contributed by atoms with van der Waals surface area (Å²) >= 11 is 0. The van der Waals surface area contributed by atoms with Gasteiger partial charge in [0, 0.05) is 57.1 Å². The lowest BCUT2D eigenvalue weighted by Crippen LogP contribution is -2.56. The first-order chi connectivity index (χ1) is 19.1. The molecule has 0 unspecified atom stereocenters. The van der Waals surface area contributed by atoms with E-state index in [1.54, 1.807) is 14.2 Å². The topological polar surface area (TPSA) is 54.5 Å². The quantitative estimate of drug-likeness (QED) is 0.367. The number of carbonyl (C=O) groups excluding carboxylic acids is 1. The fourth-order valence-corrected chi connectivity index (χ4v) is 6.48. The Balaban J connectivity index is 1.28. The maximum Gasteiger partial charge on any atom is 0.305 e. The number of rotatable bonds is 9. The summed E-state index contributed by atoms with van der Waals surface area (Å²) in [6.45, 7) is 6.90. The van der Waals surface area contributed by atoms with E-state index in [2.05, 4.69) is 63.2 Å². The van der Waals surface area contributed by atoms with Crippen molar-refractivity contribution in [2.24, 2.45) is 5.92 Å². The molecule has 2 heterocycles. The first-order valence-corrected chi connectivity index (χ1v) is 14.1. The summed E-state index contributed by atoms with van der Waals surface area (Å²) in [5.74, 6) is 2.14. The van der Waals surface area contributed by atoms with Gasteiger partial charge in [0.25, 0.3) is 0 Å². The lowest BCUT2D eigenvalue weighted by atomic mass is 9.86. The van der Waals surface area contributed by atoms with Crippen LogP contribution in [0.3, 0.4) is 0 Å². The highest BCUT2D eigenvalue weighted by atomic mass is 16.5. The van der Waals surface area contributed by atoms with Gasteiger partial charge < -0.3 is 19.1 Å². The van der Waals surface area contributed by atoms with Crippen LogP contribution in [0.5, 0.6) is 11.5 Å². The average Bonchev–Trinajstić information content (AvgIpc) is 3.00.